The van der Waals surface area contributed by atoms with E-state index in [-0.39, 0.29) is 12.0 Å². The van der Waals surface area contributed by atoms with Gasteiger partial charge in [0.25, 0.3) is 0 Å². The standard InChI is InChI=1S/C15H22N2O2/c1-12-2-4-13(5-3-12)6-7-15(18)17-8-9-19-14(10-16)11-17/h2-5,14H,6-11,16H2,1H3/t14-/m0/s1. The summed E-state index contributed by atoms with van der Waals surface area (Å²) in [6.45, 7) is 4.45. The van der Waals surface area contributed by atoms with Crippen LogP contribution in [0.3, 0.4) is 0 Å². The summed E-state index contributed by atoms with van der Waals surface area (Å²) in [5, 5.41) is 0. The van der Waals surface area contributed by atoms with Crippen LogP contribution < -0.4 is 5.73 Å². The Labute approximate surface area is 114 Å². The lowest BCUT2D eigenvalue weighted by Crippen LogP contribution is -2.48. The highest BCUT2D eigenvalue weighted by Crippen LogP contribution is 2.10. The summed E-state index contributed by atoms with van der Waals surface area (Å²) in [6.07, 6.45) is 1.35. The normalized spacial score (nSPS) is 19.5. The summed E-state index contributed by atoms with van der Waals surface area (Å²) < 4.78 is 5.46. The molecule has 19 heavy (non-hydrogen) atoms. The Bertz CT molecular complexity index is 417. The van der Waals surface area contributed by atoms with E-state index in [9.17, 15) is 4.79 Å². The van der Waals surface area contributed by atoms with Crippen molar-refractivity contribution in [2.24, 2.45) is 5.73 Å². The molecule has 0 saturated carbocycles. The second-order valence-corrected chi connectivity index (χ2v) is 5.05. The first-order chi connectivity index (χ1) is 9.19. The molecule has 1 saturated heterocycles. The van der Waals surface area contributed by atoms with E-state index in [0.29, 0.717) is 32.7 Å². The minimum Gasteiger partial charge on any atom is -0.373 e. The number of rotatable bonds is 4. The van der Waals surface area contributed by atoms with Crippen LogP contribution in [0.2, 0.25) is 0 Å². The van der Waals surface area contributed by atoms with Crippen molar-refractivity contribution >= 4 is 5.91 Å². The summed E-state index contributed by atoms with van der Waals surface area (Å²) in [5.74, 6) is 0.197. The highest BCUT2D eigenvalue weighted by molar-refractivity contribution is 5.76. The lowest BCUT2D eigenvalue weighted by Gasteiger charge is -2.32. The summed E-state index contributed by atoms with van der Waals surface area (Å²) in [6, 6.07) is 8.34. The van der Waals surface area contributed by atoms with Crippen LogP contribution in [-0.4, -0.2) is 43.2 Å². The van der Waals surface area contributed by atoms with E-state index in [1.165, 1.54) is 11.1 Å². The van der Waals surface area contributed by atoms with Crippen molar-refractivity contribution in [1.29, 1.82) is 0 Å². The van der Waals surface area contributed by atoms with E-state index >= 15 is 0 Å². The van der Waals surface area contributed by atoms with Crippen LogP contribution in [0.5, 0.6) is 0 Å². The molecule has 4 heteroatoms. The van der Waals surface area contributed by atoms with Crippen molar-refractivity contribution in [2.45, 2.75) is 25.9 Å². The second kappa shape index (κ2) is 6.68. The molecule has 0 aliphatic carbocycles. The Balaban J connectivity index is 1.82. The van der Waals surface area contributed by atoms with Gasteiger partial charge >= 0.3 is 0 Å². The van der Waals surface area contributed by atoms with Gasteiger partial charge in [-0.1, -0.05) is 29.8 Å². The molecule has 0 unspecified atom stereocenters. The van der Waals surface area contributed by atoms with E-state index in [4.69, 9.17) is 10.5 Å². The zero-order valence-electron chi connectivity index (χ0n) is 11.5. The molecule has 4 nitrogen and oxygen atoms in total. The Morgan fingerprint density at radius 3 is 2.84 bits per heavy atom. The molecule has 2 N–H and O–H groups in total. The number of hydrogen-bond donors (Lipinski definition) is 1. The van der Waals surface area contributed by atoms with Crippen molar-refractivity contribution in [2.75, 3.05) is 26.2 Å². The van der Waals surface area contributed by atoms with E-state index < -0.39 is 0 Å². The van der Waals surface area contributed by atoms with Gasteiger partial charge in [0.15, 0.2) is 0 Å². The molecule has 0 spiro atoms. The lowest BCUT2D eigenvalue weighted by atomic mass is 10.1. The van der Waals surface area contributed by atoms with Gasteiger partial charge in [0.2, 0.25) is 5.91 Å². The number of aryl methyl sites for hydroxylation is 2. The molecule has 1 aliphatic heterocycles. The summed E-state index contributed by atoms with van der Waals surface area (Å²) in [4.78, 5) is 14.0. The molecule has 1 fully saturated rings. The number of carbonyl (C=O) groups excluding carboxylic acids is 1. The first-order valence-corrected chi connectivity index (χ1v) is 6.84. The van der Waals surface area contributed by atoms with Gasteiger partial charge in [-0.25, -0.2) is 0 Å². The Hall–Kier alpha value is -1.39. The summed E-state index contributed by atoms with van der Waals surface area (Å²) in [5.41, 5.74) is 8.04. The summed E-state index contributed by atoms with van der Waals surface area (Å²) in [7, 11) is 0. The number of morpholine rings is 1. The molecule has 1 aliphatic rings. The lowest BCUT2D eigenvalue weighted by molar-refractivity contribution is -0.138. The third-order valence-electron chi connectivity index (χ3n) is 3.50. The molecule has 0 radical (unpaired) electrons. The van der Waals surface area contributed by atoms with Gasteiger partial charge in [0.1, 0.15) is 0 Å². The quantitative estimate of drug-likeness (QED) is 0.884. The molecule has 0 aromatic heterocycles. The topological polar surface area (TPSA) is 55.6 Å². The third-order valence-corrected chi connectivity index (χ3v) is 3.50. The number of hydrogen-bond acceptors (Lipinski definition) is 3. The first-order valence-electron chi connectivity index (χ1n) is 6.84. The van der Waals surface area contributed by atoms with E-state index in [1.807, 2.05) is 4.90 Å². The molecule has 1 aromatic carbocycles. The van der Waals surface area contributed by atoms with Gasteiger partial charge in [0.05, 0.1) is 12.7 Å². The number of benzene rings is 1. The monoisotopic (exact) mass is 262 g/mol. The average molecular weight is 262 g/mol. The van der Waals surface area contributed by atoms with Crippen LogP contribution in [0.4, 0.5) is 0 Å². The van der Waals surface area contributed by atoms with Crippen LogP contribution in [0, 0.1) is 6.92 Å². The van der Waals surface area contributed by atoms with Gasteiger partial charge in [-0.3, -0.25) is 4.79 Å². The second-order valence-electron chi connectivity index (χ2n) is 5.05. The fourth-order valence-corrected chi connectivity index (χ4v) is 2.25. The zero-order chi connectivity index (χ0) is 13.7. The molecule has 1 atom stereocenters. The minimum absolute atomic E-state index is 0.00271. The molecule has 104 valence electrons. The fraction of sp³-hybridized carbons (Fsp3) is 0.533. The highest BCUT2D eigenvalue weighted by atomic mass is 16.5. The SMILES string of the molecule is Cc1ccc(CCC(=O)N2CCO[C@@H](CN)C2)cc1. The average Bonchev–Trinajstić information content (AvgIpc) is 2.46. The van der Waals surface area contributed by atoms with E-state index in [1.54, 1.807) is 0 Å². The maximum absolute atomic E-state index is 12.1. The number of nitrogens with two attached hydrogens (primary N) is 1. The molecule has 1 amide bonds. The van der Waals surface area contributed by atoms with Crippen LogP contribution in [-0.2, 0) is 16.0 Å². The maximum atomic E-state index is 12.1. The third kappa shape index (κ3) is 4.04. The number of ether oxygens (including phenoxy) is 1. The molecule has 1 heterocycles. The van der Waals surface area contributed by atoms with Crippen molar-refractivity contribution in [1.82, 2.24) is 4.90 Å². The Morgan fingerprint density at radius 2 is 2.16 bits per heavy atom. The largest absolute Gasteiger partial charge is 0.373 e. The minimum atomic E-state index is -0.00271. The van der Waals surface area contributed by atoms with Crippen LogP contribution in [0.25, 0.3) is 0 Å². The van der Waals surface area contributed by atoms with E-state index in [0.717, 1.165) is 6.42 Å². The Kier molecular flexibility index (Phi) is 4.93. The van der Waals surface area contributed by atoms with Crippen LogP contribution >= 0.6 is 0 Å². The Morgan fingerprint density at radius 1 is 1.42 bits per heavy atom. The van der Waals surface area contributed by atoms with E-state index in [2.05, 4.69) is 31.2 Å². The highest BCUT2D eigenvalue weighted by Gasteiger charge is 2.22. The zero-order valence-corrected chi connectivity index (χ0v) is 11.5. The van der Waals surface area contributed by atoms with Crippen LogP contribution in [0.15, 0.2) is 24.3 Å². The molecular formula is C15H22N2O2. The molecule has 2 rings (SSSR count). The number of nitrogens with zero attached hydrogens (tertiary/aromatic N) is 1. The maximum Gasteiger partial charge on any atom is 0.223 e. The number of amides is 1. The van der Waals surface area contributed by atoms with Gasteiger partial charge in [-0.05, 0) is 18.9 Å². The first kappa shape index (κ1) is 14.0. The van der Waals surface area contributed by atoms with Crippen LogP contribution in [0.1, 0.15) is 17.5 Å². The van der Waals surface area contributed by atoms with Crippen molar-refractivity contribution < 1.29 is 9.53 Å². The van der Waals surface area contributed by atoms with Crippen molar-refractivity contribution in [3.8, 4) is 0 Å². The van der Waals surface area contributed by atoms with Gasteiger partial charge in [-0.15, -0.1) is 0 Å². The predicted octanol–water partition coefficient (Wildman–Crippen LogP) is 1.11. The fourth-order valence-electron chi connectivity index (χ4n) is 2.25. The smallest absolute Gasteiger partial charge is 0.223 e. The molecule has 1 aromatic rings. The van der Waals surface area contributed by atoms with Gasteiger partial charge in [-0.2, -0.15) is 0 Å². The summed E-state index contributed by atoms with van der Waals surface area (Å²) >= 11 is 0. The van der Waals surface area contributed by atoms with Gasteiger partial charge < -0.3 is 15.4 Å². The van der Waals surface area contributed by atoms with Crippen molar-refractivity contribution in [3.63, 3.8) is 0 Å². The van der Waals surface area contributed by atoms with Gasteiger partial charge in [0, 0.05) is 26.1 Å². The predicted molar refractivity (Wildman–Crippen MR) is 74.9 cm³/mol. The number of carbonyl (C=O) groups is 1. The van der Waals surface area contributed by atoms with Crippen molar-refractivity contribution in [3.05, 3.63) is 35.4 Å². The molecular weight excluding hydrogens is 240 g/mol. The molecule has 0 bridgehead atoms.